The van der Waals surface area contributed by atoms with E-state index in [2.05, 4.69) is 5.32 Å². The van der Waals surface area contributed by atoms with Crippen LogP contribution in [0.25, 0.3) is 0 Å². The van der Waals surface area contributed by atoms with Gasteiger partial charge in [-0.1, -0.05) is 11.6 Å². The van der Waals surface area contributed by atoms with Crippen LogP contribution in [0.15, 0.2) is 30.3 Å². The molecular formula is C19H17ClFNO6. The molecule has 7 nitrogen and oxygen atoms in total. The highest BCUT2D eigenvalue weighted by Gasteiger charge is 2.26. The van der Waals surface area contributed by atoms with Crippen LogP contribution in [-0.2, 0) is 9.53 Å². The van der Waals surface area contributed by atoms with Gasteiger partial charge in [0.05, 0.1) is 19.9 Å². The monoisotopic (exact) mass is 409 g/mol. The van der Waals surface area contributed by atoms with Crippen LogP contribution in [0.5, 0.6) is 11.5 Å². The van der Waals surface area contributed by atoms with Crippen molar-refractivity contribution in [2.75, 3.05) is 19.5 Å². The van der Waals surface area contributed by atoms with Crippen LogP contribution in [0.4, 0.5) is 10.1 Å². The third kappa shape index (κ3) is 4.58. The summed E-state index contributed by atoms with van der Waals surface area (Å²) in [6, 6.07) is 6.52. The minimum absolute atomic E-state index is 0.000922. The second kappa shape index (κ2) is 9.18. The van der Waals surface area contributed by atoms with Gasteiger partial charge in [0, 0.05) is 10.6 Å². The average Bonchev–Trinajstić information content (AvgIpc) is 2.68. The summed E-state index contributed by atoms with van der Waals surface area (Å²) in [5.74, 6) is -2.29. The zero-order valence-corrected chi connectivity index (χ0v) is 16.0. The molecule has 0 aliphatic rings. The van der Waals surface area contributed by atoms with E-state index < -0.39 is 23.8 Å². The Kier molecular flexibility index (Phi) is 6.94. The number of anilines is 1. The zero-order valence-electron chi connectivity index (χ0n) is 15.2. The summed E-state index contributed by atoms with van der Waals surface area (Å²) in [7, 11) is 2.66. The van der Waals surface area contributed by atoms with Crippen molar-refractivity contribution in [2.45, 2.75) is 13.0 Å². The van der Waals surface area contributed by atoms with Gasteiger partial charge in [-0.25, -0.2) is 9.18 Å². The van der Waals surface area contributed by atoms with Gasteiger partial charge in [0.1, 0.15) is 11.4 Å². The number of rotatable bonds is 7. The van der Waals surface area contributed by atoms with Crippen LogP contribution in [0.3, 0.4) is 0 Å². The van der Waals surface area contributed by atoms with Crippen LogP contribution < -0.4 is 14.8 Å². The van der Waals surface area contributed by atoms with Crippen LogP contribution in [0.1, 0.15) is 27.6 Å². The molecule has 2 aromatic rings. The molecule has 0 aliphatic carbocycles. The molecule has 1 amide bonds. The molecule has 0 saturated heterocycles. The van der Waals surface area contributed by atoms with Gasteiger partial charge in [-0.2, -0.15) is 0 Å². The number of benzene rings is 2. The summed E-state index contributed by atoms with van der Waals surface area (Å²) in [6.45, 7) is 1.30. The van der Waals surface area contributed by atoms with E-state index >= 15 is 0 Å². The molecule has 0 spiro atoms. The minimum Gasteiger partial charge on any atom is -0.493 e. The lowest BCUT2D eigenvalue weighted by Gasteiger charge is -2.17. The van der Waals surface area contributed by atoms with Crippen molar-refractivity contribution >= 4 is 35.5 Å². The summed E-state index contributed by atoms with van der Waals surface area (Å²) in [4.78, 5) is 36.1. The summed E-state index contributed by atoms with van der Waals surface area (Å²) in [6.07, 6.45) is -0.843. The Labute approximate surface area is 165 Å². The number of hydrogen-bond donors (Lipinski definition) is 1. The Balaban J connectivity index is 2.22. The van der Waals surface area contributed by atoms with Crippen LogP contribution >= 0.6 is 11.6 Å². The van der Waals surface area contributed by atoms with Gasteiger partial charge < -0.3 is 19.5 Å². The average molecular weight is 410 g/mol. The summed E-state index contributed by atoms with van der Waals surface area (Å²) in [5, 5.41) is 2.47. The first kappa shape index (κ1) is 21.2. The fourth-order valence-corrected chi connectivity index (χ4v) is 2.51. The maximum atomic E-state index is 13.8. The number of carbonyl (C=O) groups is 3. The molecule has 1 atom stereocenters. The van der Waals surface area contributed by atoms with Gasteiger partial charge in [-0.15, -0.1) is 0 Å². The van der Waals surface area contributed by atoms with Crippen LogP contribution in [0.2, 0.25) is 5.02 Å². The molecule has 1 N–H and O–H groups in total. The molecule has 148 valence electrons. The van der Waals surface area contributed by atoms with Gasteiger partial charge in [-0.05, 0) is 37.3 Å². The first-order chi connectivity index (χ1) is 13.3. The maximum absolute atomic E-state index is 13.8. The number of nitrogens with one attached hydrogen (secondary N) is 1. The molecule has 0 fully saturated rings. The molecule has 28 heavy (non-hydrogen) atoms. The Morgan fingerprint density at radius 3 is 2.46 bits per heavy atom. The number of amides is 1. The summed E-state index contributed by atoms with van der Waals surface area (Å²) >= 11 is 5.66. The molecule has 0 aromatic heterocycles. The smallest absolute Gasteiger partial charge is 0.343 e. The number of methoxy groups -OCH3 is 2. The van der Waals surface area contributed by atoms with E-state index in [4.69, 9.17) is 25.8 Å². The molecule has 0 bridgehead atoms. The fraction of sp³-hybridized carbons (Fsp3) is 0.211. The van der Waals surface area contributed by atoms with Crippen molar-refractivity contribution in [3.8, 4) is 11.5 Å². The summed E-state index contributed by atoms with van der Waals surface area (Å²) in [5.41, 5.74) is -0.307. The predicted octanol–water partition coefficient (Wildman–Crippen LogP) is 3.49. The normalized spacial score (nSPS) is 11.3. The lowest BCUT2D eigenvalue weighted by Crippen LogP contribution is -2.30. The Morgan fingerprint density at radius 2 is 1.89 bits per heavy atom. The Bertz CT molecular complexity index is 918. The Hall–Kier alpha value is -3.13. The van der Waals surface area contributed by atoms with E-state index in [1.165, 1.54) is 45.4 Å². The first-order valence-corrected chi connectivity index (χ1v) is 8.37. The second-order valence-corrected chi connectivity index (χ2v) is 5.98. The zero-order chi connectivity index (χ0) is 20.8. The highest BCUT2D eigenvalue weighted by molar-refractivity contribution is 6.30. The van der Waals surface area contributed by atoms with E-state index in [-0.39, 0.29) is 33.3 Å². The summed E-state index contributed by atoms with van der Waals surface area (Å²) < 4.78 is 29.2. The minimum atomic E-state index is -1.29. The van der Waals surface area contributed by atoms with Crippen molar-refractivity contribution < 1.29 is 33.0 Å². The molecule has 0 radical (unpaired) electrons. The van der Waals surface area contributed by atoms with Gasteiger partial charge in [0.15, 0.2) is 23.9 Å². The standard InChI is InChI=1S/C19H17ClFNO6/c1-10(18(24)22-14-6-5-12(20)8-13(14)21)28-19(25)16-11(9-23)4-7-15(26-2)17(16)27-3/h4-10H,1-3H3,(H,22,24)/t10-/m0/s1. The lowest BCUT2D eigenvalue weighted by molar-refractivity contribution is -0.123. The molecular weight excluding hydrogens is 393 g/mol. The van der Waals surface area contributed by atoms with Crippen molar-refractivity contribution in [1.29, 1.82) is 0 Å². The van der Waals surface area contributed by atoms with E-state index in [1.54, 1.807) is 0 Å². The van der Waals surface area contributed by atoms with Gasteiger partial charge in [-0.3, -0.25) is 9.59 Å². The van der Waals surface area contributed by atoms with Crippen LogP contribution in [-0.4, -0.2) is 38.5 Å². The molecule has 0 unspecified atom stereocenters. The lowest BCUT2D eigenvalue weighted by atomic mass is 10.1. The number of esters is 1. The fourth-order valence-electron chi connectivity index (χ4n) is 2.35. The third-order valence-corrected chi connectivity index (χ3v) is 3.99. The van der Waals surface area contributed by atoms with E-state index in [9.17, 15) is 18.8 Å². The number of ether oxygens (including phenoxy) is 3. The maximum Gasteiger partial charge on any atom is 0.343 e. The van der Waals surface area contributed by atoms with Crippen molar-refractivity contribution in [3.05, 3.63) is 52.3 Å². The van der Waals surface area contributed by atoms with Crippen molar-refractivity contribution in [2.24, 2.45) is 0 Å². The largest absolute Gasteiger partial charge is 0.493 e. The van der Waals surface area contributed by atoms with Gasteiger partial charge in [0.25, 0.3) is 5.91 Å². The van der Waals surface area contributed by atoms with Crippen molar-refractivity contribution in [1.82, 2.24) is 0 Å². The predicted molar refractivity (Wildman–Crippen MR) is 99.9 cm³/mol. The van der Waals surface area contributed by atoms with Crippen molar-refractivity contribution in [3.63, 3.8) is 0 Å². The topological polar surface area (TPSA) is 90.9 Å². The highest BCUT2D eigenvalue weighted by Crippen LogP contribution is 2.33. The molecule has 2 rings (SSSR count). The first-order valence-electron chi connectivity index (χ1n) is 7.99. The van der Waals surface area contributed by atoms with E-state index in [0.717, 1.165) is 6.07 Å². The molecule has 0 heterocycles. The third-order valence-electron chi connectivity index (χ3n) is 3.75. The van der Waals surface area contributed by atoms with E-state index in [1.807, 2.05) is 0 Å². The molecule has 2 aromatic carbocycles. The number of aldehydes is 1. The number of hydrogen-bond acceptors (Lipinski definition) is 6. The number of halogens is 2. The SMILES string of the molecule is COc1ccc(C=O)c(C(=O)O[C@@H](C)C(=O)Nc2ccc(Cl)cc2F)c1OC. The van der Waals surface area contributed by atoms with E-state index in [0.29, 0.717) is 6.29 Å². The quantitative estimate of drug-likeness (QED) is 0.556. The van der Waals surface area contributed by atoms with Gasteiger partial charge >= 0.3 is 5.97 Å². The molecule has 9 heteroatoms. The highest BCUT2D eigenvalue weighted by atomic mass is 35.5. The van der Waals surface area contributed by atoms with Crippen LogP contribution in [0, 0.1) is 5.82 Å². The van der Waals surface area contributed by atoms with Gasteiger partial charge in [0.2, 0.25) is 0 Å². The Morgan fingerprint density at radius 1 is 1.18 bits per heavy atom. The number of carbonyl (C=O) groups excluding carboxylic acids is 3. The molecule has 0 aliphatic heterocycles. The molecule has 0 saturated carbocycles. The second-order valence-electron chi connectivity index (χ2n) is 5.54.